The van der Waals surface area contributed by atoms with Crippen LogP contribution in [0.5, 0.6) is 0 Å². The third kappa shape index (κ3) is 13.8. The van der Waals surface area contributed by atoms with Crippen LogP contribution in [0, 0.1) is 12.3 Å². The lowest BCUT2D eigenvalue weighted by Crippen LogP contribution is -2.97. The Bertz CT molecular complexity index is 478. The largest absolute Gasteiger partial charge is 0.412 e. The van der Waals surface area contributed by atoms with Crippen molar-refractivity contribution in [2.75, 3.05) is 26.2 Å². The predicted molar refractivity (Wildman–Crippen MR) is 126 cm³/mol. The van der Waals surface area contributed by atoms with Gasteiger partial charge in [-0.15, -0.1) is 0 Å². The molecule has 3 amide bonds. The molecule has 0 spiro atoms. The van der Waals surface area contributed by atoms with Gasteiger partial charge in [0, 0.05) is 6.04 Å². The molecule has 178 valence electrons. The molecule has 0 aromatic heterocycles. The molecule has 2 aliphatic heterocycles. The summed E-state index contributed by atoms with van der Waals surface area (Å²) in [5, 5.41) is 0. The zero-order valence-corrected chi connectivity index (χ0v) is 19.8. The summed E-state index contributed by atoms with van der Waals surface area (Å²) in [7, 11) is 0. The maximum atomic E-state index is 11.4. The molecule has 31 heavy (non-hydrogen) atoms. The number of hydrogen-bond donors (Lipinski definition) is 4. The van der Waals surface area contributed by atoms with Crippen molar-refractivity contribution in [2.24, 2.45) is 17.4 Å². The van der Waals surface area contributed by atoms with Gasteiger partial charge >= 0.3 is 11.9 Å². The molecule has 3 aliphatic carbocycles. The number of nitrogens with one attached hydrogen (secondary N) is 2. The minimum atomic E-state index is -0.213. The van der Waals surface area contributed by atoms with Crippen LogP contribution in [0.25, 0.3) is 0 Å². The summed E-state index contributed by atoms with van der Waals surface area (Å²) in [6, 6.07) is 0.323. The van der Waals surface area contributed by atoms with Gasteiger partial charge in [-0.25, -0.2) is 14.5 Å². The molecule has 0 atom stereocenters. The molecule has 0 radical (unpaired) electrons. The van der Waals surface area contributed by atoms with Crippen LogP contribution >= 0.6 is 0 Å². The van der Waals surface area contributed by atoms with Crippen molar-refractivity contribution in [3.63, 3.8) is 0 Å². The molecule has 0 aromatic carbocycles. The Hall–Kier alpha value is -1.11. The SMILES string of the molecule is NC(=O)[NH+]1CC1.NC1CCCCC1.O=C(CC1CCCCC1)[NH+]1CC1.[CH+]1CCCCC1. The molecule has 6 N–H and O–H groups in total. The average Bonchev–Trinajstić information content (AvgIpc) is 3.70. The van der Waals surface area contributed by atoms with Crippen molar-refractivity contribution in [3.8, 4) is 0 Å². The van der Waals surface area contributed by atoms with Crippen LogP contribution < -0.4 is 21.3 Å². The Kier molecular flexibility index (Phi) is 13.2. The van der Waals surface area contributed by atoms with Crippen molar-refractivity contribution < 1.29 is 19.4 Å². The number of amides is 3. The van der Waals surface area contributed by atoms with E-state index in [0.29, 0.717) is 11.9 Å². The van der Waals surface area contributed by atoms with Gasteiger partial charge in [0.1, 0.15) is 26.2 Å². The molecular formula is C25H49N4O2+3. The smallest absolute Gasteiger partial charge is 0.328 e. The van der Waals surface area contributed by atoms with E-state index < -0.39 is 0 Å². The zero-order chi connectivity index (χ0) is 22.3. The van der Waals surface area contributed by atoms with Gasteiger partial charge in [-0.05, 0) is 50.9 Å². The molecule has 0 bridgehead atoms. The molecule has 0 unspecified atom stereocenters. The summed E-state index contributed by atoms with van der Waals surface area (Å²) in [6.45, 7) is 4.09. The van der Waals surface area contributed by atoms with Crippen molar-refractivity contribution in [1.29, 1.82) is 0 Å². The first-order valence-corrected chi connectivity index (χ1v) is 13.2. The molecule has 5 rings (SSSR count). The van der Waals surface area contributed by atoms with Crippen LogP contribution in [-0.4, -0.2) is 44.2 Å². The van der Waals surface area contributed by atoms with Crippen LogP contribution in [0.4, 0.5) is 4.79 Å². The van der Waals surface area contributed by atoms with E-state index in [1.165, 1.54) is 101 Å². The molecule has 5 fully saturated rings. The number of carbonyl (C=O) groups excluding carboxylic acids is 2. The number of urea groups is 1. The first kappa shape index (κ1) is 26.1. The Morgan fingerprint density at radius 2 is 1.19 bits per heavy atom. The second-order valence-corrected chi connectivity index (χ2v) is 10.0. The van der Waals surface area contributed by atoms with Gasteiger partial charge in [0.15, 0.2) is 0 Å². The standard InChI is InChI=1S/C10H17NO.C6H13N.C6H11.C3H6N2O/c12-10(11-6-7-11)8-9-4-2-1-3-5-9;7-6-4-2-1-3-5-6;1-2-4-6-5-3-1;4-3(6)5-1-2-5/h9H,1-8H2;6H,1-5,7H2;1H,2-6H2;1-2H2,(H2,4,6)/q;;+1;/p+2. The summed E-state index contributed by atoms with van der Waals surface area (Å²) in [5.41, 5.74) is 10.5. The first-order chi connectivity index (χ1) is 15.1. The van der Waals surface area contributed by atoms with E-state index in [2.05, 4.69) is 6.42 Å². The lowest BCUT2D eigenvalue weighted by Gasteiger charge is -2.19. The highest BCUT2D eigenvalue weighted by atomic mass is 16.2. The van der Waals surface area contributed by atoms with E-state index in [-0.39, 0.29) is 6.03 Å². The molecule has 6 nitrogen and oxygen atoms in total. The summed E-state index contributed by atoms with van der Waals surface area (Å²) < 4.78 is 0. The molecule has 2 heterocycles. The normalized spacial score (nSPS) is 24.0. The monoisotopic (exact) mass is 437 g/mol. The maximum Gasteiger partial charge on any atom is 0.412 e. The number of rotatable bonds is 2. The Morgan fingerprint density at radius 1 is 0.710 bits per heavy atom. The second-order valence-electron chi connectivity index (χ2n) is 10.0. The Morgan fingerprint density at radius 3 is 1.48 bits per heavy atom. The van der Waals surface area contributed by atoms with Crippen molar-refractivity contribution in [2.45, 2.75) is 109 Å². The fourth-order valence-corrected chi connectivity index (χ4v) is 4.48. The Labute approximate surface area is 190 Å². The van der Waals surface area contributed by atoms with Crippen molar-refractivity contribution in [3.05, 3.63) is 6.42 Å². The third-order valence-corrected chi connectivity index (χ3v) is 6.91. The highest BCUT2D eigenvalue weighted by molar-refractivity contribution is 5.67. The summed E-state index contributed by atoms with van der Waals surface area (Å²) in [5.74, 6) is 1.22. The van der Waals surface area contributed by atoms with Crippen LogP contribution in [0.2, 0.25) is 0 Å². The van der Waals surface area contributed by atoms with Crippen LogP contribution in [0.3, 0.4) is 0 Å². The predicted octanol–water partition coefficient (Wildman–Crippen LogP) is 1.78. The first-order valence-electron chi connectivity index (χ1n) is 13.2. The minimum absolute atomic E-state index is 0.213. The van der Waals surface area contributed by atoms with Crippen LogP contribution in [0.15, 0.2) is 0 Å². The average molecular weight is 438 g/mol. The summed E-state index contributed by atoms with van der Waals surface area (Å²) >= 11 is 0. The summed E-state index contributed by atoms with van der Waals surface area (Å²) in [6.07, 6.45) is 23.7. The van der Waals surface area contributed by atoms with Gasteiger partial charge in [0.2, 0.25) is 0 Å². The van der Waals surface area contributed by atoms with Gasteiger partial charge in [-0.3, -0.25) is 4.90 Å². The van der Waals surface area contributed by atoms with Crippen LogP contribution in [-0.2, 0) is 4.79 Å². The third-order valence-electron chi connectivity index (χ3n) is 6.91. The fourth-order valence-electron chi connectivity index (χ4n) is 4.48. The molecule has 2 saturated heterocycles. The highest BCUT2D eigenvalue weighted by Crippen LogP contribution is 2.25. The van der Waals surface area contributed by atoms with Gasteiger partial charge in [-0.1, -0.05) is 38.5 Å². The quantitative estimate of drug-likeness (QED) is 0.392. The van der Waals surface area contributed by atoms with Crippen LogP contribution in [0.1, 0.15) is 103 Å². The second kappa shape index (κ2) is 15.7. The van der Waals surface area contributed by atoms with Gasteiger partial charge in [-0.2, -0.15) is 0 Å². The topological polar surface area (TPSA) is 95.1 Å². The van der Waals surface area contributed by atoms with Gasteiger partial charge in [0.25, 0.3) is 0 Å². The molecule has 6 heteroatoms. The number of hydrogen-bond acceptors (Lipinski definition) is 3. The number of quaternary nitrogens is 2. The zero-order valence-electron chi connectivity index (χ0n) is 19.8. The van der Waals surface area contributed by atoms with E-state index >= 15 is 0 Å². The molecule has 0 aromatic rings. The fraction of sp³-hybridized carbons (Fsp3) is 0.880. The molecule has 3 saturated carbocycles. The van der Waals surface area contributed by atoms with Gasteiger partial charge in [0.05, 0.1) is 25.7 Å². The van der Waals surface area contributed by atoms with E-state index in [9.17, 15) is 9.59 Å². The number of carbonyl (C=O) groups is 2. The van der Waals surface area contributed by atoms with E-state index in [0.717, 1.165) is 43.4 Å². The van der Waals surface area contributed by atoms with Crippen molar-refractivity contribution >= 4 is 11.9 Å². The summed E-state index contributed by atoms with van der Waals surface area (Å²) in [4.78, 5) is 23.5. The van der Waals surface area contributed by atoms with E-state index in [1.54, 1.807) is 0 Å². The number of nitrogens with two attached hydrogens (primary N) is 2. The Balaban J connectivity index is 0.000000155. The minimum Gasteiger partial charge on any atom is -0.328 e. The van der Waals surface area contributed by atoms with Gasteiger partial charge < -0.3 is 11.5 Å². The lowest BCUT2D eigenvalue weighted by molar-refractivity contribution is -0.670. The maximum absolute atomic E-state index is 11.4. The van der Waals surface area contributed by atoms with E-state index in [4.69, 9.17) is 11.5 Å². The highest BCUT2D eigenvalue weighted by Gasteiger charge is 2.33. The number of primary amides is 1. The van der Waals surface area contributed by atoms with Crippen molar-refractivity contribution in [1.82, 2.24) is 0 Å². The molecule has 5 aliphatic rings. The lowest BCUT2D eigenvalue weighted by atomic mass is 9.87. The molecular weight excluding hydrogens is 388 g/mol. The van der Waals surface area contributed by atoms with E-state index in [1.807, 2.05) is 0 Å².